The zero-order valence-corrected chi connectivity index (χ0v) is 9.70. The second-order valence-corrected chi connectivity index (χ2v) is 5.74. The zero-order valence-electron chi connectivity index (χ0n) is 8.13. The smallest absolute Gasteiger partial charge is 0.306 e. The number of carboxylic acid groups (broad SMARTS) is 1. The van der Waals surface area contributed by atoms with Gasteiger partial charge in [0.2, 0.25) is 0 Å². The minimum Gasteiger partial charge on any atom is -0.481 e. The van der Waals surface area contributed by atoms with Crippen molar-refractivity contribution >= 4 is 27.4 Å². The highest BCUT2D eigenvalue weighted by Crippen LogP contribution is 2.18. The number of halogens is 1. The van der Waals surface area contributed by atoms with Crippen LogP contribution in [0.4, 0.5) is 0 Å². The summed E-state index contributed by atoms with van der Waals surface area (Å²) < 4.78 is 23.5. The minimum absolute atomic E-state index is 0.0364. The molecule has 1 unspecified atom stereocenters. The summed E-state index contributed by atoms with van der Waals surface area (Å²) in [6.07, 6.45) is -0.634. The van der Waals surface area contributed by atoms with Gasteiger partial charge in [0.05, 0.1) is 11.3 Å². The van der Waals surface area contributed by atoms with Crippen LogP contribution in [0.2, 0.25) is 5.02 Å². The van der Waals surface area contributed by atoms with Gasteiger partial charge in [0, 0.05) is 5.02 Å². The van der Waals surface area contributed by atoms with Gasteiger partial charge in [0.15, 0.2) is 9.84 Å². The standard InChI is InChI=1S/C9H10ClNO4S/c10-6-1-3-7(4-2-6)16(14,15)8(11)5-9(12)13/h1-4,8H,5,11H2,(H,12,13). The van der Waals surface area contributed by atoms with Crippen molar-refractivity contribution < 1.29 is 18.3 Å². The van der Waals surface area contributed by atoms with Gasteiger partial charge in [-0.25, -0.2) is 8.42 Å². The fraction of sp³-hybridized carbons (Fsp3) is 0.222. The lowest BCUT2D eigenvalue weighted by Gasteiger charge is -2.10. The van der Waals surface area contributed by atoms with Gasteiger partial charge in [-0.2, -0.15) is 0 Å². The highest BCUT2D eigenvalue weighted by Gasteiger charge is 2.25. The van der Waals surface area contributed by atoms with E-state index in [0.29, 0.717) is 5.02 Å². The number of rotatable bonds is 4. The molecule has 0 aliphatic rings. The highest BCUT2D eigenvalue weighted by atomic mass is 35.5. The molecule has 0 spiro atoms. The Labute approximate surface area is 97.8 Å². The Morgan fingerprint density at radius 3 is 2.31 bits per heavy atom. The summed E-state index contributed by atoms with van der Waals surface area (Å²) in [4.78, 5) is 10.3. The van der Waals surface area contributed by atoms with E-state index in [1.54, 1.807) is 0 Å². The van der Waals surface area contributed by atoms with E-state index in [9.17, 15) is 13.2 Å². The van der Waals surface area contributed by atoms with E-state index >= 15 is 0 Å². The van der Waals surface area contributed by atoms with Crippen molar-refractivity contribution in [2.75, 3.05) is 0 Å². The van der Waals surface area contributed by atoms with Crippen LogP contribution in [0.1, 0.15) is 6.42 Å². The van der Waals surface area contributed by atoms with Crippen molar-refractivity contribution in [2.45, 2.75) is 16.7 Å². The van der Waals surface area contributed by atoms with Crippen molar-refractivity contribution in [1.29, 1.82) is 0 Å². The molecule has 0 saturated carbocycles. The van der Waals surface area contributed by atoms with Crippen LogP contribution >= 0.6 is 11.6 Å². The summed E-state index contributed by atoms with van der Waals surface area (Å²) in [7, 11) is -3.81. The van der Waals surface area contributed by atoms with Gasteiger partial charge in [-0.15, -0.1) is 0 Å². The fourth-order valence-corrected chi connectivity index (χ4v) is 2.43. The van der Waals surface area contributed by atoms with E-state index in [2.05, 4.69) is 0 Å². The van der Waals surface area contributed by atoms with Gasteiger partial charge >= 0.3 is 5.97 Å². The molecule has 16 heavy (non-hydrogen) atoms. The fourth-order valence-electron chi connectivity index (χ4n) is 1.08. The quantitative estimate of drug-likeness (QED) is 0.840. The molecule has 0 aliphatic carbocycles. The zero-order chi connectivity index (χ0) is 12.3. The molecule has 7 heteroatoms. The van der Waals surface area contributed by atoms with Crippen molar-refractivity contribution in [3.8, 4) is 0 Å². The Balaban J connectivity index is 3.02. The van der Waals surface area contributed by atoms with Crippen LogP contribution in [0.3, 0.4) is 0 Å². The van der Waals surface area contributed by atoms with E-state index in [1.165, 1.54) is 24.3 Å². The normalized spacial score (nSPS) is 13.4. The summed E-state index contributed by atoms with van der Waals surface area (Å²) in [5, 5.41) is 7.41. The predicted octanol–water partition coefficient (Wildman–Crippen LogP) is 0.873. The molecule has 3 N–H and O–H groups in total. The van der Waals surface area contributed by atoms with Gasteiger partial charge in [0.1, 0.15) is 5.37 Å². The van der Waals surface area contributed by atoms with E-state index in [1.807, 2.05) is 0 Å². The number of carbonyl (C=O) groups is 1. The Morgan fingerprint density at radius 2 is 1.88 bits per heavy atom. The maximum absolute atomic E-state index is 11.7. The largest absolute Gasteiger partial charge is 0.481 e. The van der Waals surface area contributed by atoms with Gasteiger partial charge in [-0.3, -0.25) is 4.79 Å². The first-order valence-corrected chi connectivity index (χ1v) is 6.23. The number of aliphatic carboxylic acids is 1. The average Bonchev–Trinajstić information content (AvgIpc) is 2.17. The Morgan fingerprint density at radius 1 is 1.38 bits per heavy atom. The van der Waals surface area contributed by atoms with E-state index < -0.39 is 27.6 Å². The van der Waals surface area contributed by atoms with E-state index in [0.717, 1.165) is 0 Å². The second-order valence-electron chi connectivity index (χ2n) is 3.14. The first kappa shape index (κ1) is 13.0. The molecule has 1 aromatic rings. The van der Waals surface area contributed by atoms with E-state index in [4.69, 9.17) is 22.4 Å². The SMILES string of the molecule is NC(CC(=O)O)S(=O)(=O)c1ccc(Cl)cc1. The molecule has 0 aromatic heterocycles. The van der Waals surface area contributed by atoms with Crippen LogP contribution in [0.25, 0.3) is 0 Å². The first-order valence-electron chi connectivity index (χ1n) is 4.31. The Hall–Kier alpha value is -1.11. The van der Waals surface area contributed by atoms with Crippen molar-refractivity contribution in [1.82, 2.24) is 0 Å². The summed E-state index contributed by atoms with van der Waals surface area (Å²) in [5.41, 5.74) is 5.32. The summed E-state index contributed by atoms with van der Waals surface area (Å²) in [6.45, 7) is 0. The summed E-state index contributed by atoms with van der Waals surface area (Å²) in [6, 6.07) is 5.39. The number of hydrogen-bond donors (Lipinski definition) is 2. The number of hydrogen-bond acceptors (Lipinski definition) is 4. The van der Waals surface area contributed by atoms with Crippen molar-refractivity contribution in [2.24, 2.45) is 5.73 Å². The molecule has 0 amide bonds. The number of benzene rings is 1. The van der Waals surface area contributed by atoms with Crippen LogP contribution in [-0.4, -0.2) is 24.9 Å². The van der Waals surface area contributed by atoms with Gasteiger partial charge in [-0.05, 0) is 24.3 Å². The molecular weight excluding hydrogens is 254 g/mol. The Bertz CT molecular complexity index is 483. The van der Waals surface area contributed by atoms with Crippen LogP contribution in [0, 0.1) is 0 Å². The maximum atomic E-state index is 11.7. The molecule has 0 aliphatic heterocycles. The monoisotopic (exact) mass is 263 g/mol. The van der Waals surface area contributed by atoms with Crippen LogP contribution in [-0.2, 0) is 14.6 Å². The van der Waals surface area contributed by atoms with E-state index in [-0.39, 0.29) is 4.90 Å². The van der Waals surface area contributed by atoms with Crippen molar-refractivity contribution in [3.63, 3.8) is 0 Å². The lowest BCUT2D eigenvalue weighted by Crippen LogP contribution is -2.32. The molecular formula is C9H10ClNO4S. The number of carboxylic acids is 1. The maximum Gasteiger partial charge on any atom is 0.306 e. The third-order valence-electron chi connectivity index (χ3n) is 1.92. The molecule has 0 bridgehead atoms. The third kappa shape index (κ3) is 2.94. The molecule has 0 fully saturated rings. The average molecular weight is 264 g/mol. The lowest BCUT2D eigenvalue weighted by atomic mass is 10.4. The lowest BCUT2D eigenvalue weighted by molar-refractivity contribution is -0.137. The molecule has 0 heterocycles. The molecule has 0 saturated heterocycles. The minimum atomic E-state index is -3.81. The number of sulfone groups is 1. The summed E-state index contributed by atoms with van der Waals surface area (Å²) >= 11 is 5.61. The number of nitrogens with two attached hydrogens (primary N) is 1. The molecule has 1 aromatic carbocycles. The van der Waals surface area contributed by atoms with Gasteiger partial charge in [-0.1, -0.05) is 11.6 Å². The topological polar surface area (TPSA) is 97.5 Å². The molecule has 88 valence electrons. The molecule has 1 rings (SSSR count). The molecule has 1 atom stereocenters. The van der Waals surface area contributed by atoms with Crippen LogP contribution < -0.4 is 5.73 Å². The second kappa shape index (κ2) is 4.82. The van der Waals surface area contributed by atoms with Crippen molar-refractivity contribution in [3.05, 3.63) is 29.3 Å². The molecule has 5 nitrogen and oxygen atoms in total. The predicted molar refractivity (Wildman–Crippen MR) is 58.9 cm³/mol. The summed E-state index contributed by atoms with van der Waals surface area (Å²) in [5.74, 6) is -1.26. The Kier molecular flexibility index (Phi) is 3.90. The van der Waals surface area contributed by atoms with Crippen LogP contribution in [0.15, 0.2) is 29.2 Å². The first-order chi connectivity index (χ1) is 7.34. The van der Waals surface area contributed by atoms with Crippen LogP contribution in [0.5, 0.6) is 0 Å². The molecule has 0 radical (unpaired) electrons. The van der Waals surface area contributed by atoms with Gasteiger partial charge < -0.3 is 10.8 Å². The van der Waals surface area contributed by atoms with Gasteiger partial charge in [0.25, 0.3) is 0 Å². The third-order valence-corrected chi connectivity index (χ3v) is 4.06. The highest BCUT2D eigenvalue weighted by molar-refractivity contribution is 7.92.